The van der Waals surface area contributed by atoms with Gasteiger partial charge in [-0.2, -0.15) is 0 Å². The molecular weight excluding hydrogens is 234 g/mol. The van der Waals surface area contributed by atoms with Crippen molar-refractivity contribution in [1.82, 2.24) is 9.88 Å². The Kier molecular flexibility index (Phi) is 3.58. The van der Waals surface area contributed by atoms with E-state index >= 15 is 0 Å². The topological polar surface area (TPSA) is 45.2 Å². The smallest absolute Gasteiger partial charge is 0.241 e. The summed E-state index contributed by atoms with van der Waals surface area (Å²) in [5.74, 6) is 0.0944. The fourth-order valence-electron chi connectivity index (χ4n) is 1.45. The van der Waals surface area contributed by atoms with Crippen LogP contribution in [0.4, 0.5) is 5.69 Å². The van der Waals surface area contributed by atoms with Gasteiger partial charge in [0.05, 0.1) is 22.3 Å². The van der Waals surface area contributed by atoms with Crippen LogP contribution in [0.1, 0.15) is 6.92 Å². The van der Waals surface area contributed by atoms with Crippen molar-refractivity contribution in [2.24, 2.45) is 0 Å². The van der Waals surface area contributed by atoms with Crippen molar-refractivity contribution in [3.63, 3.8) is 0 Å². The second-order valence-electron chi connectivity index (χ2n) is 3.80. The molecule has 1 heterocycles. The Labute approximate surface area is 104 Å². The van der Waals surface area contributed by atoms with E-state index < -0.39 is 0 Å². The van der Waals surface area contributed by atoms with Crippen LogP contribution in [-0.2, 0) is 4.79 Å². The first-order valence-electron chi connectivity index (χ1n) is 5.52. The Morgan fingerprint density at radius 1 is 1.53 bits per heavy atom. The van der Waals surface area contributed by atoms with Gasteiger partial charge < -0.3 is 10.2 Å². The molecule has 0 bridgehead atoms. The van der Waals surface area contributed by atoms with Crippen molar-refractivity contribution in [3.8, 4) is 0 Å². The van der Waals surface area contributed by atoms with Crippen LogP contribution >= 0.6 is 11.3 Å². The van der Waals surface area contributed by atoms with Gasteiger partial charge >= 0.3 is 0 Å². The van der Waals surface area contributed by atoms with Crippen LogP contribution in [0.2, 0.25) is 0 Å². The Hall–Kier alpha value is -1.62. The summed E-state index contributed by atoms with van der Waals surface area (Å²) in [6, 6.07) is 5.93. The number of benzene rings is 1. The quantitative estimate of drug-likeness (QED) is 0.903. The zero-order chi connectivity index (χ0) is 12.3. The molecule has 17 heavy (non-hydrogen) atoms. The van der Waals surface area contributed by atoms with E-state index in [-0.39, 0.29) is 5.91 Å². The van der Waals surface area contributed by atoms with Crippen molar-refractivity contribution < 1.29 is 4.79 Å². The first-order valence-corrected chi connectivity index (χ1v) is 6.39. The number of nitrogens with one attached hydrogen (secondary N) is 1. The molecule has 90 valence electrons. The van der Waals surface area contributed by atoms with Gasteiger partial charge in [-0.05, 0) is 25.1 Å². The molecule has 0 aliphatic carbocycles. The minimum atomic E-state index is 0.0944. The lowest BCUT2D eigenvalue weighted by Gasteiger charge is -2.15. The normalized spacial score (nSPS) is 10.5. The minimum absolute atomic E-state index is 0.0944. The van der Waals surface area contributed by atoms with Gasteiger partial charge in [0.15, 0.2) is 0 Å². The number of rotatable bonds is 4. The van der Waals surface area contributed by atoms with Crippen molar-refractivity contribution in [2.45, 2.75) is 6.92 Å². The highest BCUT2D eigenvalue weighted by molar-refractivity contribution is 7.16. The molecule has 1 aromatic carbocycles. The van der Waals surface area contributed by atoms with Gasteiger partial charge in [0, 0.05) is 19.3 Å². The van der Waals surface area contributed by atoms with Crippen molar-refractivity contribution >= 4 is 33.1 Å². The van der Waals surface area contributed by atoms with Crippen LogP contribution in [0, 0.1) is 0 Å². The zero-order valence-corrected chi connectivity index (χ0v) is 10.8. The molecule has 0 saturated heterocycles. The summed E-state index contributed by atoms with van der Waals surface area (Å²) in [7, 11) is 1.80. The average Bonchev–Trinajstić information content (AvgIpc) is 2.82. The predicted molar refractivity (Wildman–Crippen MR) is 71.4 cm³/mol. The number of thiazole rings is 1. The van der Waals surface area contributed by atoms with E-state index in [0.717, 1.165) is 22.4 Å². The van der Waals surface area contributed by atoms with Crippen LogP contribution in [0.25, 0.3) is 10.2 Å². The maximum Gasteiger partial charge on any atom is 0.241 e. The number of carbonyl (C=O) groups excluding carboxylic acids is 1. The molecule has 0 spiro atoms. The summed E-state index contributed by atoms with van der Waals surface area (Å²) in [6.07, 6.45) is 0. The predicted octanol–water partition coefficient (Wildman–Crippen LogP) is 2.19. The molecule has 0 atom stereocenters. The Morgan fingerprint density at radius 3 is 3.12 bits per heavy atom. The van der Waals surface area contributed by atoms with E-state index in [2.05, 4.69) is 10.3 Å². The van der Waals surface area contributed by atoms with E-state index in [1.165, 1.54) is 0 Å². The summed E-state index contributed by atoms with van der Waals surface area (Å²) in [5, 5.41) is 3.13. The lowest BCUT2D eigenvalue weighted by molar-refractivity contribution is -0.127. The molecule has 1 N–H and O–H groups in total. The third-order valence-electron chi connectivity index (χ3n) is 2.68. The van der Waals surface area contributed by atoms with Gasteiger partial charge in [-0.25, -0.2) is 4.98 Å². The SMILES string of the molecule is CCN(C)C(=O)CNc1ccc2ncsc2c1. The van der Waals surface area contributed by atoms with Crippen molar-refractivity contribution in [1.29, 1.82) is 0 Å². The van der Waals surface area contributed by atoms with Gasteiger partial charge in [-0.1, -0.05) is 0 Å². The monoisotopic (exact) mass is 249 g/mol. The fourth-order valence-corrected chi connectivity index (χ4v) is 2.17. The van der Waals surface area contributed by atoms with Crippen LogP contribution in [0.3, 0.4) is 0 Å². The first kappa shape index (κ1) is 11.9. The molecule has 0 aliphatic heterocycles. The maximum atomic E-state index is 11.6. The van der Waals surface area contributed by atoms with Crippen LogP contribution < -0.4 is 5.32 Å². The zero-order valence-electron chi connectivity index (χ0n) is 9.93. The summed E-state index contributed by atoms with van der Waals surface area (Å²) in [5.41, 5.74) is 3.78. The molecule has 0 fully saturated rings. The Bertz CT molecular complexity index is 523. The van der Waals surface area contributed by atoms with Crippen LogP contribution in [0.15, 0.2) is 23.7 Å². The highest BCUT2D eigenvalue weighted by atomic mass is 32.1. The summed E-state index contributed by atoms with van der Waals surface area (Å²) >= 11 is 1.60. The molecule has 5 heteroatoms. The van der Waals surface area contributed by atoms with Crippen molar-refractivity contribution in [3.05, 3.63) is 23.7 Å². The second kappa shape index (κ2) is 5.14. The number of anilines is 1. The fraction of sp³-hybridized carbons (Fsp3) is 0.333. The maximum absolute atomic E-state index is 11.6. The molecule has 0 aliphatic rings. The Morgan fingerprint density at radius 2 is 2.35 bits per heavy atom. The van der Waals surface area contributed by atoms with Gasteiger partial charge in [-0.3, -0.25) is 4.79 Å². The molecule has 1 aromatic heterocycles. The van der Waals surface area contributed by atoms with E-state index in [1.807, 2.05) is 30.6 Å². The van der Waals surface area contributed by atoms with E-state index in [9.17, 15) is 4.79 Å². The highest BCUT2D eigenvalue weighted by Crippen LogP contribution is 2.21. The number of aromatic nitrogens is 1. The third kappa shape index (κ3) is 2.74. The molecule has 1 amide bonds. The highest BCUT2D eigenvalue weighted by Gasteiger charge is 2.06. The van der Waals surface area contributed by atoms with E-state index in [4.69, 9.17) is 0 Å². The summed E-state index contributed by atoms with van der Waals surface area (Å²) in [4.78, 5) is 17.5. The number of nitrogens with zero attached hydrogens (tertiary/aromatic N) is 2. The molecule has 2 rings (SSSR count). The van der Waals surface area contributed by atoms with E-state index in [0.29, 0.717) is 6.54 Å². The number of carbonyl (C=O) groups is 1. The van der Waals surface area contributed by atoms with Crippen LogP contribution in [-0.4, -0.2) is 35.9 Å². The minimum Gasteiger partial charge on any atom is -0.376 e. The first-order chi connectivity index (χ1) is 8.20. The lowest BCUT2D eigenvalue weighted by Crippen LogP contribution is -2.31. The van der Waals surface area contributed by atoms with E-state index in [1.54, 1.807) is 23.3 Å². The number of amides is 1. The van der Waals surface area contributed by atoms with Gasteiger partial charge in [-0.15, -0.1) is 11.3 Å². The third-order valence-corrected chi connectivity index (χ3v) is 3.47. The molecule has 4 nitrogen and oxygen atoms in total. The summed E-state index contributed by atoms with van der Waals surface area (Å²) < 4.78 is 1.13. The second-order valence-corrected chi connectivity index (χ2v) is 4.68. The van der Waals surface area contributed by atoms with Gasteiger partial charge in [0.1, 0.15) is 0 Å². The molecule has 0 radical (unpaired) electrons. The molecule has 0 saturated carbocycles. The summed E-state index contributed by atoms with van der Waals surface area (Å²) in [6.45, 7) is 3.02. The number of hydrogen-bond acceptors (Lipinski definition) is 4. The number of fused-ring (bicyclic) bond motifs is 1. The standard InChI is InChI=1S/C12H15N3OS/c1-3-15(2)12(16)7-13-9-4-5-10-11(6-9)17-8-14-10/h4-6,8,13H,3,7H2,1-2H3. The Balaban J connectivity index is 2.01. The molecule has 0 unspecified atom stereocenters. The van der Waals surface area contributed by atoms with Crippen molar-refractivity contribution in [2.75, 3.05) is 25.5 Å². The van der Waals surface area contributed by atoms with Gasteiger partial charge in [0.25, 0.3) is 0 Å². The molecule has 2 aromatic rings. The average molecular weight is 249 g/mol. The largest absolute Gasteiger partial charge is 0.376 e. The van der Waals surface area contributed by atoms with Crippen LogP contribution in [0.5, 0.6) is 0 Å². The van der Waals surface area contributed by atoms with Gasteiger partial charge in [0.2, 0.25) is 5.91 Å². The lowest BCUT2D eigenvalue weighted by atomic mass is 10.3. The number of hydrogen-bond donors (Lipinski definition) is 1. The number of likely N-dealkylation sites (N-methyl/N-ethyl adjacent to an activating group) is 1. The molecular formula is C12H15N3OS.